The summed E-state index contributed by atoms with van der Waals surface area (Å²) in [5, 5.41) is 2.92. The molecular weight excluding hydrogens is 362 g/mol. The van der Waals surface area contributed by atoms with Gasteiger partial charge in [0.1, 0.15) is 11.8 Å². The Labute approximate surface area is 168 Å². The standard InChI is InChI=1S/C23H21N5O/c24-23-22-21(25-14-26-23)18-7-4-8-19(18)28(22)17-11-9-15(10-12-17)13-20(29)27-16-5-2-1-3-6-16/h1-3,5-6,9-12,14H,4,7-8,13H2,(H,27,29)(H2,24,25,26). The molecule has 2 heterocycles. The highest BCUT2D eigenvalue weighted by molar-refractivity contribution is 5.93. The number of nitrogens with two attached hydrogens (primary N) is 1. The van der Waals surface area contributed by atoms with E-state index in [1.54, 1.807) is 0 Å². The van der Waals surface area contributed by atoms with Gasteiger partial charge in [-0.05, 0) is 54.7 Å². The lowest BCUT2D eigenvalue weighted by molar-refractivity contribution is -0.115. The molecule has 0 radical (unpaired) electrons. The van der Waals surface area contributed by atoms with E-state index in [0.29, 0.717) is 12.2 Å². The molecule has 0 saturated carbocycles. The van der Waals surface area contributed by atoms with Crippen LogP contribution < -0.4 is 11.1 Å². The van der Waals surface area contributed by atoms with E-state index in [2.05, 4.69) is 19.9 Å². The van der Waals surface area contributed by atoms with Crippen molar-refractivity contribution in [2.24, 2.45) is 0 Å². The van der Waals surface area contributed by atoms with Crippen LogP contribution in [0.15, 0.2) is 60.9 Å². The number of nitrogens with zero attached hydrogens (tertiary/aromatic N) is 3. The molecule has 2 aromatic carbocycles. The van der Waals surface area contributed by atoms with Gasteiger partial charge in [0.15, 0.2) is 5.82 Å². The topological polar surface area (TPSA) is 85.8 Å². The molecule has 5 rings (SSSR count). The molecular formula is C23H21N5O. The van der Waals surface area contributed by atoms with Gasteiger partial charge in [0.05, 0.1) is 11.9 Å². The van der Waals surface area contributed by atoms with Crippen molar-refractivity contribution in [3.8, 4) is 5.69 Å². The maximum Gasteiger partial charge on any atom is 0.228 e. The zero-order valence-corrected chi connectivity index (χ0v) is 15.9. The number of fused-ring (bicyclic) bond motifs is 3. The maximum atomic E-state index is 12.3. The Bertz CT molecular complexity index is 1200. The zero-order chi connectivity index (χ0) is 19.8. The lowest BCUT2D eigenvalue weighted by Gasteiger charge is -2.11. The number of nitrogens with one attached hydrogen (secondary N) is 1. The predicted octanol–water partition coefficient (Wildman–Crippen LogP) is 3.67. The Balaban J connectivity index is 1.43. The fourth-order valence-corrected chi connectivity index (χ4v) is 4.16. The summed E-state index contributed by atoms with van der Waals surface area (Å²) in [5.74, 6) is 0.463. The molecule has 6 heteroatoms. The van der Waals surface area contributed by atoms with Gasteiger partial charge in [-0.15, -0.1) is 0 Å². The summed E-state index contributed by atoms with van der Waals surface area (Å²) in [7, 11) is 0. The Kier molecular flexibility index (Phi) is 4.24. The average molecular weight is 383 g/mol. The van der Waals surface area contributed by atoms with Crippen LogP contribution in [0.2, 0.25) is 0 Å². The van der Waals surface area contributed by atoms with E-state index in [-0.39, 0.29) is 5.91 Å². The quantitative estimate of drug-likeness (QED) is 0.563. The fourth-order valence-electron chi connectivity index (χ4n) is 4.16. The van der Waals surface area contributed by atoms with Crippen molar-refractivity contribution in [1.29, 1.82) is 0 Å². The van der Waals surface area contributed by atoms with Crippen LogP contribution in [0.25, 0.3) is 16.7 Å². The summed E-state index contributed by atoms with van der Waals surface area (Å²) in [4.78, 5) is 21.0. The first kappa shape index (κ1) is 17.4. The van der Waals surface area contributed by atoms with Gasteiger partial charge in [-0.1, -0.05) is 30.3 Å². The van der Waals surface area contributed by atoms with E-state index < -0.39 is 0 Å². The number of benzene rings is 2. The van der Waals surface area contributed by atoms with Gasteiger partial charge >= 0.3 is 0 Å². The number of hydrogen-bond donors (Lipinski definition) is 2. The summed E-state index contributed by atoms with van der Waals surface area (Å²) in [6.07, 6.45) is 5.02. The molecule has 0 aliphatic heterocycles. The zero-order valence-electron chi connectivity index (χ0n) is 15.9. The fraction of sp³-hybridized carbons (Fsp3) is 0.174. The second-order valence-corrected chi connectivity index (χ2v) is 7.33. The number of aromatic nitrogens is 3. The van der Waals surface area contributed by atoms with Gasteiger partial charge in [-0.2, -0.15) is 0 Å². The third-order valence-electron chi connectivity index (χ3n) is 5.44. The normalized spacial score (nSPS) is 12.8. The summed E-state index contributed by atoms with van der Waals surface area (Å²) in [6, 6.07) is 17.6. The second-order valence-electron chi connectivity index (χ2n) is 7.33. The summed E-state index contributed by atoms with van der Waals surface area (Å²) in [5.41, 5.74) is 13.4. The van der Waals surface area contributed by atoms with Crippen LogP contribution in [0.1, 0.15) is 23.2 Å². The van der Waals surface area contributed by atoms with Crippen molar-refractivity contribution < 1.29 is 4.79 Å². The minimum absolute atomic E-state index is 0.0334. The molecule has 1 aliphatic carbocycles. The van der Waals surface area contributed by atoms with Gasteiger partial charge in [-0.25, -0.2) is 9.97 Å². The summed E-state index contributed by atoms with van der Waals surface area (Å²) in [6.45, 7) is 0. The van der Waals surface area contributed by atoms with E-state index >= 15 is 0 Å². The molecule has 1 aliphatic rings. The van der Waals surface area contributed by atoms with Gasteiger partial charge in [-0.3, -0.25) is 4.79 Å². The third kappa shape index (κ3) is 3.12. The van der Waals surface area contributed by atoms with Crippen LogP contribution in [0, 0.1) is 0 Å². The van der Waals surface area contributed by atoms with Crippen molar-refractivity contribution in [2.45, 2.75) is 25.7 Å². The Morgan fingerprint density at radius 1 is 1.03 bits per heavy atom. The minimum Gasteiger partial charge on any atom is -0.382 e. The van der Waals surface area contributed by atoms with Crippen molar-refractivity contribution in [2.75, 3.05) is 11.1 Å². The monoisotopic (exact) mass is 383 g/mol. The molecule has 2 aromatic heterocycles. The number of nitrogen functional groups attached to an aromatic ring is 1. The summed E-state index contributed by atoms with van der Waals surface area (Å²) >= 11 is 0. The molecule has 1 amide bonds. The van der Waals surface area contributed by atoms with E-state index in [1.807, 2.05) is 54.6 Å². The number of amides is 1. The first-order chi connectivity index (χ1) is 14.2. The Morgan fingerprint density at radius 3 is 2.62 bits per heavy atom. The van der Waals surface area contributed by atoms with E-state index in [1.165, 1.54) is 17.6 Å². The molecule has 0 atom stereocenters. The molecule has 144 valence electrons. The van der Waals surface area contributed by atoms with Crippen molar-refractivity contribution >= 4 is 28.4 Å². The van der Waals surface area contributed by atoms with Gasteiger partial charge in [0, 0.05) is 17.1 Å². The van der Waals surface area contributed by atoms with Crippen LogP contribution in [0.5, 0.6) is 0 Å². The highest BCUT2D eigenvalue weighted by Gasteiger charge is 2.25. The van der Waals surface area contributed by atoms with Crippen LogP contribution in [-0.4, -0.2) is 20.4 Å². The molecule has 6 nitrogen and oxygen atoms in total. The van der Waals surface area contributed by atoms with Crippen LogP contribution >= 0.6 is 0 Å². The first-order valence-electron chi connectivity index (χ1n) is 9.77. The van der Waals surface area contributed by atoms with Crippen molar-refractivity contribution in [3.05, 3.63) is 77.7 Å². The molecule has 3 N–H and O–H groups in total. The van der Waals surface area contributed by atoms with Crippen LogP contribution in [0.4, 0.5) is 11.5 Å². The van der Waals surface area contributed by atoms with Crippen molar-refractivity contribution in [1.82, 2.24) is 14.5 Å². The number of aryl methyl sites for hydroxylation is 1. The molecule has 0 bridgehead atoms. The van der Waals surface area contributed by atoms with Crippen LogP contribution in [0.3, 0.4) is 0 Å². The molecule has 0 fully saturated rings. The number of anilines is 2. The smallest absolute Gasteiger partial charge is 0.228 e. The molecule has 4 aromatic rings. The molecule has 0 saturated heterocycles. The van der Waals surface area contributed by atoms with E-state index in [4.69, 9.17) is 5.73 Å². The van der Waals surface area contributed by atoms with Crippen LogP contribution in [-0.2, 0) is 24.1 Å². The molecule has 0 unspecified atom stereocenters. The largest absolute Gasteiger partial charge is 0.382 e. The van der Waals surface area contributed by atoms with E-state index in [0.717, 1.165) is 47.2 Å². The number of hydrogen-bond acceptors (Lipinski definition) is 4. The van der Waals surface area contributed by atoms with Gasteiger partial charge < -0.3 is 15.6 Å². The average Bonchev–Trinajstić information content (AvgIpc) is 3.31. The van der Waals surface area contributed by atoms with Gasteiger partial charge in [0.2, 0.25) is 5.91 Å². The number of para-hydroxylation sites is 1. The highest BCUT2D eigenvalue weighted by atomic mass is 16.1. The predicted molar refractivity (Wildman–Crippen MR) is 114 cm³/mol. The first-order valence-corrected chi connectivity index (χ1v) is 9.77. The highest BCUT2D eigenvalue weighted by Crippen LogP contribution is 2.36. The summed E-state index contributed by atoms with van der Waals surface area (Å²) < 4.78 is 2.18. The lowest BCUT2D eigenvalue weighted by atomic mass is 10.1. The van der Waals surface area contributed by atoms with E-state index in [9.17, 15) is 4.79 Å². The lowest BCUT2D eigenvalue weighted by Crippen LogP contribution is -2.14. The number of rotatable bonds is 4. The van der Waals surface area contributed by atoms with Crippen molar-refractivity contribution in [3.63, 3.8) is 0 Å². The maximum absolute atomic E-state index is 12.3. The second kappa shape index (κ2) is 7.05. The SMILES string of the molecule is Nc1ncnc2c3c(n(-c4ccc(CC(=O)Nc5ccccc5)cc4)c12)CCC3. The number of carbonyl (C=O) groups excluding carboxylic acids is 1. The molecule has 0 spiro atoms. The third-order valence-corrected chi connectivity index (χ3v) is 5.44. The Hall–Kier alpha value is -3.67. The Morgan fingerprint density at radius 2 is 1.83 bits per heavy atom. The number of carbonyl (C=O) groups is 1. The minimum atomic E-state index is -0.0334. The van der Waals surface area contributed by atoms with Gasteiger partial charge in [0.25, 0.3) is 0 Å². The molecule has 29 heavy (non-hydrogen) atoms.